The molecule has 1 fully saturated rings. The molecule has 0 aliphatic carbocycles. The molecule has 0 radical (unpaired) electrons. The average Bonchev–Trinajstić information content (AvgIpc) is 2.11. The number of carboxylic acid groups (broad SMARTS) is 1. The summed E-state index contributed by atoms with van der Waals surface area (Å²) in [6.45, 7) is 5.06. The standard InChI is InChI=1S/C10H18N2O3/c1-7(2)12-5-8(4-10(14)15)11(3)9(13)6-12/h7-8H,4-6H2,1-3H3,(H,14,15). The second-order valence-electron chi connectivity index (χ2n) is 4.28. The van der Waals surface area contributed by atoms with Crippen molar-refractivity contribution in [3.05, 3.63) is 0 Å². The van der Waals surface area contributed by atoms with E-state index in [1.165, 1.54) is 0 Å². The first kappa shape index (κ1) is 12.0. The SMILES string of the molecule is CC(C)N1CC(=O)N(C)C(CC(=O)O)C1. The maximum Gasteiger partial charge on any atom is 0.305 e. The van der Waals surface area contributed by atoms with Crippen LogP contribution in [0.25, 0.3) is 0 Å². The number of piperazine rings is 1. The second kappa shape index (κ2) is 4.61. The molecule has 0 saturated carbocycles. The summed E-state index contributed by atoms with van der Waals surface area (Å²) in [6.07, 6.45) is 0.0193. The minimum absolute atomic E-state index is 0.00111. The molecule has 1 heterocycles. The highest BCUT2D eigenvalue weighted by Crippen LogP contribution is 2.14. The number of amides is 1. The minimum Gasteiger partial charge on any atom is -0.481 e. The minimum atomic E-state index is -0.856. The largest absolute Gasteiger partial charge is 0.481 e. The van der Waals surface area contributed by atoms with Crippen LogP contribution in [0.3, 0.4) is 0 Å². The van der Waals surface area contributed by atoms with Crippen LogP contribution in [0.15, 0.2) is 0 Å². The van der Waals surface area contributed by atoms with E-state index in [1.54, 1.807) is 11.9 Å². The average molecular weight is 214 g/mol. The Morgan fingerprint density at radius 2 is 2.20 bits per heavy atom. The highest BCUT2D eigenvalue weighted by molar-refractivity contribution is 5.80. The van der Waals surface area contributed by atoms with Gasteiger partial charge in [-0.05, 0) is 13.8 Å². The van der Waals surface area contributed by atoms with Gasteiger partial charge in [-0.1, -0.05) is 0 Å². The molecule has 0 aromatic rings. The molecule has 1 rings (SSSR count). The predicted octanol–water partition coefficient (Wildman–Crippen LogP) is 0.0121. The lowest BCUT2D eigenvalue weighted by Gasteiger charge is -2.40. The van der Waals surface area contributed by atoms with Crippen molar-refractivity contribution in [3.8, 4) is 0 Å². The van der Waals surface area contributed by atoms with Crippen LogP contribution in [0.5, 0.6) is 0 Å². The summed E-state index contributed by atoms with van der Waals surface area (Å²) >= 11 is 0. The normalized spacial score (nSPS) is 23.6. The Labute approximate surface area is 89.7 Å². The van der Waals surface area contributed by atoms with Gasteiger partial charge < -0.3 is 10.0 Å². The lowest BCUT2D eigenvalue weighted by atomic mass is 10.1. The van der Waals surface area contributed by atoms with E-state index in [1.807, 2.05) is 18.7 Å². The molecule has 15 heavy (non-hydrogen) atoms. The zero-order chi connectivity index (χ0) is 11.6. The Bertz CT molecular complexity index is 265. The molecule has 1 amide bonds. The van der Waals surface area contributed by atoms with Crippen LogP contribution in [0.2, 0.25) is 0 Å². The van der Waals surface area contributed by atoms with Crippen molar-refractivity contribution in [3.63, 3.8) is 0 Å². The third-order valence-electron chi connectivity index (χ3n) is 2.87. The van der Waals surface area contributed by atoms with Crippen LogP contribution >= 0.6 is 0 Å². The van der Waals surface area contributed by atoms with Crippen LogP contribution in [-0.2, 0) is 9.59 Å². The van der Waals surface area contributed by atoms with Gasteiger partial charge in [-0.2, -0.15) is 0 Å². The number of carbonyl (C=O) groups excluding carboxylic acids is 1. The fourth-order valence-electron chi connectivity index (χ4n) is 1.74. The van der Waals surface area contributed by atoms with E-state index in [4.69, 9.17) is 5.11 Å². The summed E-state index contributed by atoms with van der Waals surface area (Å²) in [6, 6.07) is 0.0742. The van der Waals surface area contributed by atoms with E-state index in [2.05, 4.69) is 0 Å². The molecule has 1 atom stereocenters. The van der Waals surface area contributed by atoms with E-state index in [0.29, 0.717) is 13.1 Å². The van der Waals surface area contributed by atoms with Crippen LogP contribution in [0, 0.1) is 0 Å². The van der Waals surface area contributed by atoms with Crippen LogP contribution in [0.4, 0.5) is 0 Å². The summed E-state index contributed by atoms with van der Waals surface area (Å²) in [7, 11) is 1.67. The molecule has 1 aliphatic heterocycles. The molecule has 0 aromatic carbocycles. The van der Waals surface area contributed by atoms with Gasteiger partial charge >= 0.3 is 5.97 Å². The van der Waals surface area contributed by atoms with Gasteiger partial charge in [-0.25, -0.2) is 0 Å². The number of hydrogen-bond donors (Lipinski definition) is 1. The van der Waals surface area contributed by atoms with Gasteiger partial charge in [0.15, 0.2) is 0 Å². The summed E-state index contributed by atoms with van der Waals surface area (Å²) < 4.78 is 0. The Balaban J connectivity index is 2.68. The number of aliphatic carboxylic acids is 1. The number of nitrogens with zero attached hydrogens (tertiary/aromatic N) is 2. The molecule has 0 bridgehead atoms. The molecular formula is C10H18N2O3. The van der Waals surface area contributed by atoms with Gasteiger partial charge in [0.1, 0.15) is 0 Å². The van der Waals surface area contributed by atoms with Crippen LogP contribution in [0.1, 0.15) is 20.3 Å². The van der Waals surface area contributed by atoms with E-state index in [0.717, 1.165) is 0 Å². The molecule has 5 heteroatoms. The Hall–Kier alpha value is -1.10. The molecule has 0 aromatic heterocycles. The zero-order valence-corrected chi connectivity index (χ0v) is 9.43. The van der Waals surface area contributed by atoms with Crippen molar-refractivity contribution in [2.45, 2.75) is 32.4 Å². The van der Waals surface area contributed by atoms with Gasteiger partial charge in [-0.15, -0.1) is 0 Å². The second-order valence-corrected chi connectivity index (χ2v) is 4.28. The summed E-state index contributed by atoms with van der Waals surface area (Å²) in [5, 5.41) is 8.74. The van der Waals surface area contributed by atoms with Gasteiger partial charge in [0.05, 0.1) is 19.0 Å². The summed E-state index contributed by atoms with van der Waals surface area (Å²) in [5.74, 6) is -0.855. The van der Waals surface area contributed by atoms with Crippen molar-refractivity contribution in [2.75, 3.05) is 20.1 Å². The van der Waals surface area contributed by atoms with Crippen molar-refractivity contribution in [1.29, 1.82) is 0 Å². The van der Waals surface area contributed by atoms with Gasteiger partial charge in [0, 0.05) is 19.6 Å². The molecule has 5 nitrogen and oxygen atoms in total. The molecule has 1 N–H and O–H groups in total. The fourth-order valence-corrected chi connectivity index (χ4v) is 1.74. The maximum absolute atomic E-state index is 11.6. The van der Waals surface area contributed by atoms with Crippen molar-refractivity contribution < 1.29 is 14.7 Å². The zero-order valence-electron chi connectivity index (χ0n) is 9.43. The topological polar surface area (TPSA) is 60.9 Å². The van der Waals surface area contributed by atoms with Gasteiger partial charge in [-0.3, -0.25) is 14.5 Å². The fraction of sp³-hybridized carbons (Fsp3) is 0.800. The van der Waals surface area contributed by atoms with Gasteiger partial charge in [0.2, 0.25) is 5.91 Å². The van der Waals surface area contributed by atoms with E-state index in [9.17, 15) is 9.59 Å². The lowest BCUT2D eigenvalue weighted by Crippen LogP contribution is -2.56. The smallest absolute Gasteiger partial charge is 0.305 e. The first-order chi connectivity index (χ1) is 6.91. The molecule has 1 aliphatic rings. The van der Waals surface area contributed by atoms with Crippen LogP contribution < -0.4 is 0 Å². The highest BCUT2D eigenvalue weighted by Gasteiger charge is 2.32. The molecule has 1 saturated heterocycles. The number of carboxylic acids is 1. The summed E-state index contributed by atoms with van der Waals surface area (Å²) in [5.41, 5.74) is 0. The Kier molecular flexibility index (Phi) is 3.68. The number of rotatable bonds is 3. The highest BCUT2D eigenvalue weighted by atomic mass is 16.4. The third kappa shape index (κ3) is 2.92. The number of likely N-dealkylation sites (N-methyl/N-ethyl adjacent to an activating group) is 1. The first-order valence-corrected chi connectivity index (χ1v) is 5.13. The lowest BCUT2D eigenvalue weighted by molar-refractivity contribution is -0.144. The Morgan fingerprint density at radius 1 is 1.60 bits per heavy atom. The first-order valence-electron chi connectivity index (χ1n) is 5.13. The molecule has 0 spiro atoms. The molecule has 1 unspecified atom stereocenters. The van der Waals surface area contributed by atoms with Gasteiger partial charge in [0.25, 0.3) is 0 Å². The molecular weight excluding hydrogens is 196 g/mol. The predicted molar refractivity (Wildman–Crippen MR) is 55.5 cm³/mol. The maximum atomic E-state index is 11.6. The monoisotopic (exact) mass is 214 g/mol. The van der Waals surface area contributed by atoms with Crippen LogP contribution in [-0.4, -0.2) is 59.0 Å². The molecule has 86 valence electrons. The number of hydrogen-bond acceptors (Lipinski definition) is 3. The number of carbonyl (C=O) groups is 2. The Morgan fingerprint density at radius 3 is 2.67 bits per heavy atom. The van der Waals surface area contributed by atoms with E-state index in [-0.39, 0.29) is 24.4 Å². The van der Waals surface area contributed by atoms with Crippen molar-refractivity contribution in [2.24, 2.45) is 0 Å². The van der Waals surface area contributed by atoms with Crippen molar-refractivity contribution in [1.82, 2.24) is 9.80 Å². The van der Waals surface area contributed by atoms with Crippen molar-refractivity contribution >= 4 is 11.9 Å². The third-order valence-corrected chi connectivity index (χ3v) is 2.87. The van der Waals surface area contributed by atoms with E-state index >= 15 is 0 Å². The summed E-state index contributed by atoms with van der Waals surface area (Å²) in [4.78, 5) is 25.8. The van der Waals surface area contributed by atoms with E-state index < -0.39 is 5.97 Å². The quantitative estimate of drug-likeness (QED) is 0.719.